The Labute approximate surface area is 117 Å². The van der Waals surface area contributed by atoms with E-state index in [9.17, 15) is 4.79 Å². The number of anilines is 1. The molecule has 5 heteroatoms. The SMILES string of the molecule is Cc1cc(-c2ccc3c(c2)CC(=O)N3C)nc(CN)n1. The summed E-state index contributed by atoms with van der Waals surface area (Å²) in [5.41, 5.74) is 10.4. The molecule has 0 atom stereocenters. The van der Waals surface area contributed by atoms with Gasteiger partial charge in [0.2, 0.25) is 5.91 Å². The molecule has 0 radical (unpaired) electrons. The lowest BCUT2D eigenvalue weighted by atomic mass is 10.1. The highest BCUT2D eigenvalue weighted by atomic mass is 16.2. The number of amides is 1. The van der Waals surface area contributed by atoms with Crippen molar-refractivity contribution in [2.24, 2.45) is 5.73 Å². The van der Waals surface area contributed by atoms with Crippen LogP contribution in [0.25, 0.3) is 11.3 Å². The number of likely N-dealkylation sites (N-methyl/N-ethyl adjacent to an activating group) is 1. The van der Waals surface area contributed by atoms with E-state index in [4.69, 9.17) is 5.73 Å². The van der Waals surface area contributed by atoms with Crippen molar-refractivity contribution in [3.05, 3.63) is 41.3 Å². The molecule has 0 spiro atoms. The molecule has 1 aromatic heterocycles. The fourth-order valence-electron chi connectivity index (χ4n) is 2.50. The summed E-state index contributed by atoms with van der Waals surface area (Å²) < 4.78 is 0. The Kier molecular flexibility index (Phi) is 2.99. The lowest BCUT2D eigenvalue weighted by Gasteiger charge is -2.11. The van der Waals surface area contributed by atoms with E-state index in [2.05, 4.69) is 9.97 Å². The van der Waals surface area contributed by atoms with Gasteiger partial charge < -0.3 is 10.6 Å². The van der Waals surface area contributed by atoms with Gasteiger partial charge in [-0.3, -0.25) is 4.79 Å². The molecule has 20 heavy (non-hydrogen) atoms. The highest BCUT2D eigenvalue weighted by Gasteiger charge is 2.24. The molecule has 0 aliphatic carbocycles. The zero-order valence-electron chi connectivity index (χ0n) is 11.6. The van der Waals surface area contributed by atoms with Gasteiger partial charge in [0.05, 0.1) is 18.7 Å². The van der Waals surface area contributed by atoms with E-state index >= 15 is 0 Å². The van der Waals surface area contributed by atoms with Crippen molar-refractivity contribution in [1.29, 1.82) is 0 Å². The van der Waals surface area contributed by atoms with Crippen molar-refractivity contribution >= 4 is 11.6 Å². The third-order valence-electron chi connectivity index (χ3n) is 3.54. The lowest BCUT2D eigenvalue weighted by Crippen LogP contribution is -2.20. The van der Waals surface area contributed by atoms with Crippen molar-refractivity contribution in [2.45, 2.75) is 19.9 Å². The van der Waals surface area contributed by atoms with E-state index < -0.39 is 0 Å². The molecule has 1 aliphatic heterocycles. The van der Waals surface area contributed by atoms with Gasteiger partial charge in [0.25, 0.3) is 0 Å². The molecule has 0 bridgehead atoms. The third kappa shape index (κ3) is 2.06. The lowest BCUT2D eigenvalue weighted by molar-refractivity contribution is -0.117. The van der Waals surface area contributed by atoms with Crippen LogP contribution in [0.3, 0.4) is 0 Å². The molecule has 1 amide bonds. The second-order valence-corrected chi connectivity index (χ2v) is 4.99. The fourth-order valence-corrected chi connectivity index (χ4v) is 2.50. The first-order valence-corrected chi connectivity index (χ1v) is 6.53. The molecule has 0 saturated carbocycles. The van der Waals surface area contributed by atoms with E-state index in [1.54, 1.807) is 11.9 Å². The summed E-state index contributed by atoms with van der Waals surface area (Å²) in [6.07, 6.45) is 0.452. The highest BCUT2D eigenvalue weighted by Crippen LogP contribution is 2.31. The number of carbonyl (C=O) groups is 1. The fraction of sp³-hybridized carbons (Fsp3) is 0.267. The number of fused-ring (bicyclic) bond motifs is 1. The minimum atomic E-state index is 0.124. The van der Waals surface area contributed by atoms with Crippen LogP contribution >= 0.6 is 0 Å². The molecule has 5 nitrogen and oxygen atoms in total. The molecule has 2 heterocycles. The first kappa shape index (κ1) is 12.7. The van der Waals surface area contributed by atoms with Crippen molar-refractivity contribution < 1.29 is 4.79 Å². The minimum absolute atomic E-state index is 0.124. The van der Waals surface area contributed by atoms with Crippen LogP contribution in [0.5, 0.6) is 0 Å². The average Bonchev–Trinajstić information content (AvgIpc) is 2.73. The predicted octanol–water partition coefficient (Wildman–Crippen LogP) is 1.43. The number of rotatable bonds is 2. The minimum Gasteiger partial charge on any atom is -0.324 e. The number of nitrogens with two attached hydrogens (primary N) is 1. The van der Waals surface area contributed by atoms with Gasteiger partial charge in [-0.15, -0.1) is 0 Å². The van der Waals surface area contributed by atoms with Gasteiger partial charge in [0, 0.05) is 24.0 Å². The number of hydrogen-bond acceptors (Lipinski definition) is 4. The summed E-state index contributed by atoms with van der Waals surface area (Å²) in [7, 11) is 1.80. The zero-order chi connectivity index (χ0) is 14.3. The molecule has 102 valence electrons. The standard InChI is InChI=1S/C15H16N4O/c1-9-5-12(18-14(8-16)17-9)10-3-4-13-11(6-10)7-15(20)19(13)2/h3-6H,7-8,16H2,1-2H3. The molecular weight excluding hydrogens is 252 g/mol. The predicted molar refractivity (Wildman–Crippen MR) is 77.2 cm³/mol. The molecule has 1 aromatic carbocycles. The van der Waals surface area contributed by atoms with Crippen molar-refractivity contribution in [3.63, 3.8) is 0 Å². The van der Waals surface area contributed by atoms with Crippen LogP contribution in [0.15, 0.2) is 24.3 Å². The van der Waals surface area contributed by atoms with Gasteiger partial charge in [-0.05, 0) is 30.7 Å². The number of hydrogen-bond donors (Lipinski definition) is 1. The Morgan fingerprint density at radius 3 is 2.85 bits per heavy atom. The summed E-state index contributed by atoms with van der Waals surface area (Å²) in [5, 5.41) is 0. The smallest absolute Gasteiger partial charge is 0.231 e. The number of carbonyl (C=O) groups excluding carboxylic acids is 1. The first-order chi connectivity index (χ1) is 9.58. The maximum Gasteiger partial charge on any atom is 0.231 e. The van der Waals surface area contributed by atoms with Crippen molar-refractivity contribution in [1.82, 2.24) is 9.97 Å². The van der Waals surface area contributed by atoms with E-state index in [-0.39, 0.29) is 5.91 Å². The summed E-state index contributed by atoms with van der Waals surface area (Å²) >= 11 is 0. The quantitative estimate of drug-likeness (QED) is 0.894. The number of aryl methyl sites for hydroxylation is 1. The van der Waals surface area contributed by atoms with Gasteiger partial charge in [-0.2, -0.15) is 0 Å². The van der Waals surface area contributed by atoms with Crippen LogP contribution in [0, 0.1) is 6.92 Å². The molecular formula is C15H16N4O. The molecule has 3 rings (SSSR count). The van der Waals surface area contributed by atoms with E-state index in [1.165, 1.54) is 0 Å². The van der Waals surface area contributed by atoms with Crippen LogP contribution < -0.4 is 10.6 Å². The molecule has 2 aromatic rings. The Bertz CT molecular complexity index is 696. The summed E-state index contributed by atoms with van der Waals surface area (Å²) in [6.45, 7) is 2.25. The second kappa shape index (κ2) is 4.68. The van der Waals surface area contributed by atoms with Crippen LogP contribution in [0.1, 0.15) is 17.1 Å². The van der Waals surface area contributed by atoms with Crippen LogP contribution in [-0.4, -0.2) is 22.9 Å². The Morgan fingerprint density at radius 2 is 2.10 bits per heavy atom. The monoisotopic (exact) mass is 268 g/mol. The number of aromatic nitrogens is 2. The van der Waals surface area contributed by atoms with E-state index in [0.717, 1.165) is 28.2 Å². The Balaban J connectivity index is 2.06. The maximum atomic E-state index is 11.7. The van der Waals surface area contributed by atoms with E-state index in [1.807, 2.05) is 31.2 Å². The zero-order valence-corrected chi connectivity index (χ0v) is 11.6. The summed E-state index contributed by atoms with van der Waals surface area (Å²) in [4.78, 5) is 22.1. The van der Waals surface area contributed by atoms with E-state index in [0.29, 0.717) is 18.8 Å². The third-order valence-corrected chi connectivity index (χ3v) is 3.54. The van der Waals surface area contributed by atoms with Gasteiger partial charge >= 0.3 is 0 Å². The van der Waals surface area contributed by atoms with Crippen LogP contribution in [-0.2, 0) is 17.8 Å². The number of nitrogens with zero attached hydrogens (tertiary/aromatic N) is 3. The van der Waals surface area contributed by atoms with Gasteiger partial charge in [-0.1, -0.05) is 6.07 Å². The molecule has 1 aliphatic rings. The highest BCUT2D eigenvalue weighted by molar-refractivity contribution is 6.01. The normalized spacial score (nSPS) is 13.8. The first-order valence-electron chi connectivity index (χ1n) is 6.53. The molecule has 0 fully saturated rings. The average molecular weight is 268 g/mol. The van der Waals surface area contributed by atoms with Crippen molar-refractivity contribution in [3.8, 4) is 11.3 Å². The molecule has 0 unspecified atom stereocenters. The Morgan fingerprint density at radius 1 is 1.30 bits per heavy atom. The van der Waals surface area contributed by atoms with Crippen LogP contribution in [0.2, 0.25) is 0 Å². The Hall–Kier alpha value is -2.27. The van der Waals surface area contributed by atoms with Gasteiger partial charge in [0.1, 0.15) is 5.82 Å². The number of benzene rings is 1. The summed E-state index contributed by atoms with van der Waals surface area (Å²) in [6, 6.07) is 7.91. The molecule has 0 saturated heterocycles. The van der Waals surface area contributed by atoms with Crippen molar-refractivity contribution in [2.75, 3.05) is 11.9 Å². The van der Waals surface area contributed by atoms with Gasteiger partial charge in [-0.25, -0.2) is 9.97 Å². The second-order valence-electron chi connectivity index (χ2n) is 4.99. The topological polar surface area (TPSA) is 72.1 Å². The van der Waals surface area contributed by atoms with Gasteiger partial charge in [0.15, 0.2) is 0 Å². The molecule has 2 N–H and O–H groups in total. The largest absolute Gasteiger partial charge is 0.324 e. The van der Waals surface area contributed by atoms with Crippen LogP contribution in [0.4, 0.5) is 5.69 Å². The maximum absolute atomic E-state index is 11.7. The summed E-state index contributed by atoms with van der Waals surface area (Å²) in [5.74, 6) is 0.757.